The largest absolute Gasteiger partial charge is 0.423 e. The zero-order valence-electron chi connectivity index (χ0n) is 14.8. The molecule has 5 rings (SSSR count). The summed E-state index contributed by atoms with van der Waals surface area (Å²) in [6, 6.07) is 26.3. The van der Waals surface area contributed by atoms with Crippen LogP contribution in [0.15, 0.2) is 89.6 Å². The van der Waals surface area contributed by atoms with E-state index >= 15 is 0 Å². The molecular weight excluding hydrogens is 352 g/mol. The minimum atomic E-state index is -0.102. The molecule has 0 aliphatic heterocycles. The molecule has 28 heavy (non-hydrogen) atoms. The molecule has 0 aliphatic carbocycles. The van der Waals surface area contributed by atoms with E-state index in [-0.39, 0.29) is 6.04 Å². The van der Waals surface area contributed by atoms with Crippen molar-refractivity contribution in [2.75, 3.05) is 5.32 Å². The molecule has 0 aliphatic rings. The molecule has 1 N–H and O–H groups in total. The first kappa shape index (κ1) is 16.2. The molecule has 1 atom stereocenters. The zero-order valence-corrected chi connectivity index (χ0v) is 14.8. The Morgan fingerprint density at radius 1 is 0.821 bits per heavy atom. The highest BCUT2D eigenvalue weighted by molar-refractivity contribution is 5.75. The quantitative estimate of drug-likeness (QED) is 0.501. The van der Waals surface area contributed by atoms with E-state index in [4.69, 9.17) is 4.42 Å². The third-order valence-corrected chi connectivity index (χ3v) is 4.52. The van der Waals surface area contributed by atoms with Gasteiger partial charge in [0.25, 0.3) is 6.01 Å². The third-order valence-electron chi connectivity index (χ3n) is 4.52. The molecule has 1 unspecified atom stereocenters. The summed E-state index contributed by atoms with van der Waals surface area (Å²) in [6.07, 6.45) is 1.63. The molecule has 3 aromatic carbocycles. The van der Waals surface area contributed by atoms with Gasteiger partial charge in [0.1, 0.15) is 17.9 Å². The summed E-state index contributed by atoms with van der Waals surface area (Å²) >= 11 is 0. The van der Waals surface area contributed by atoms with E-state index in [9.17, 15) is 0 Å². The molecule has 7 nitrogen and oxygen atoms in total. The maximum Gasteiger partial charge on any atom is 0.300 e. The highest BCUT2D eigenvalue weighted by Gasteiger charge is 2.17. The van der Waals surface area contributed by atoms with Gasteiger partial charge in [-0.1, -0.05) is 54.6 Å². The van der Waals surface area contributed by atoms with Crippen molar-refractivity contribution >= 4 is 22.8 Å². The summed E-state index contributed by atoms with van der Waals surface area (Å²) in [4.78, 5) is 4.45. The van der Waals surface area contributed by atoms with Gasteiger partial charge in [0, 0.05) is 5.69 Å². The molecule has 5 aromatic rings. The van der Waals surface area contributed by atoms with Crippen LogP contribution in [0.25, 0.3) is 11.1 Å². The van der Waals surface area contributed by atoms with Crippen molar-refractivity contribution in [1.29, 1.82) is 0 Å². The van der Waals surface area contributed by atoms with Crippen LogP contribution >= 0.6 is 0 Å². The first-order chi connectivity index (χ1) is 13.9. The Balaban J connectivity index is 1.44. The van der Waals surface area contributed by atoms with Crippen molar-refractivity contribution in [3.63, 3.8) is 0 Å². The SMILES string of the molecule is c1ccc(C(c2ccc(Nc3nc4ccccc4o3)cc2)n2cnnn2)cc1. The van der Waals surface area contributed by atoms with Crippen molar-refractivity contribution in [2.24, 2.45) is 0 Å². The lowest BCUT2D eigenvalue weighted by Crippen LogP contribution is -2.13. The van der Waals surface area contributed by atoms with Crippen molar-refractivity contribution in [1.82, 2.24) is 25.2 Å². The zero-order chi connectivity index (χ0) is 18.8. The minimum absolute atomic E-state index is 0.102. The molecule has 2 aromatic heterocycles. The molecule has 0 fully saturated rings. The number of nitrogens with one attached hydrogen (secondary N) is 1. The molecule has 7 heteroatoms. The molecule has 0 bridgehead atoms. The second-order valence-corrected chi connectivity index (χ2v) is 6.34. The monoisotopic (exact) mass is 368 g/mol. The van der Waals surface area contributed by atoms with Gasteiger partial charge in [-0.15, -0.1) is 5.10 Å². The van der Waals surface area contributed by atoms with Crippen LogP contribution in [0, 0.1) is 0 Å². The Morgan fingerprint density at radius 3 is 2.32 bits per heavy atom. The van der Waals surface area contributed by atoms with Crippen LogP contribution in [0.4, 0.5) is 11.7 Å². The number of aromatic nitrogens is 5. The number of hydrogen-bond donors (Lipinski definition) is 1. The average Bonchev–Trinajstić information content (AvgIpc) is 3.40. The summed E-state index contributed by atoms with van der Waals surface area (Å²) in [5, 5.41) is 14.9. The van der Waals surface area contributed by atoms with Crippen LogP contribution in [-0.2, 0) is 0 Å². The number of fused-ring (bicyclic) bond motifs is 1. The van der Waals surface area contributed by atoms with E-state index in [1.807, 2.05) is 66.7 Å². The fourth-order valence-electron chi connectivity index (χ4n) is 3.22. The van der Waals surface area contributed by atoms with E-state index < -0.39 is 0 Å². The molecule has 0 saturated heterocycles. The van der Waals surface area contributed by atoms with Crippen LogP contribution in [0.1, 0.15) is 17.2 Å². The Labute approximate surface area is 160 Å². The van der Waals surface area contributed by atoms with Crippen LogP contribution < -0.4 is 5.32 Å². The van der Waals surface area contributed by atoms with Gasteiger partial charge in [-0.05, 0) is 45.8 Å². The number of anilines is 2. The van der Waals surface area contributed by atoms with Crippen LogP contribution in [0.2, 0.25) is 0 Å². The molecule has 0 spiro atoms. The highest BCUT2D eigenvalue weighted by atomic mass is 16.4. The predicted molar refractivity (Wildman–Crippen MR) is 105 cm³/mol. The van der Waals surface area contributed by atoms with Gasteiger partial charge in [0.15, 0.2) is 5.58 Å². The maximum atomic E-state index is 5.73. The van der Waals surface area contributed by atoms with E-state index in [0.717, 1.165) is 27.9 Å². The summed E-state index contributed by atoms with van der Waals surface area (Å²) in [5.74, 6) is 0. The Bertz CT molecular complexity index is 1150. The second-order valence-electron chi connectivity index (χ2n) is 6.34. The van der Waals surface area contributed by atoms with Crippen molar-refractivity contribution in [3.8, 4) is 0 Å². The normalized spacial score (nSPS) is 12.1. The molecule has 0 saturated carbocycles. The van der Waals surface area contributed by atoms with Gasteiger partial charge < -0.3 is 9.73 Å². The number of hydrogen-bond acceptors (Lipinski definition) is 6. The maximum absolute atomic E-state index is 5.73. The topological polar surface area (TPSA) is 81.7 Å². The van der Waals surface area contributed by atoms with Gasteiger partial charge in [-0.2, -0.15) is 4.98 Å². The van der Waals surface area contributed by atoms with Gasteiger partial charge in [0.2, 0.25) is 0 Å². The van der Waals surface area contributed by atoms with Crippen LogP contribution in [0.3, 0.4) is 0 Å². The Hall–Kier alpha value is -4.00. The van der Waals surface area contributed by atoms with Crippen molar-refractivity contribution in [2.45, 2.75) is 6.04 Å². The van der Waals surface area contributed by atoms with Gasteiger partial charge in [-0.25, -0.2) is 4.68 Å². The van der Waals surface area contributed by atoms with Gasteiger partial charge in [-0.3, -0.25) is 0 Å². The predicted octanol–water partition coefficient (Wildman–Crippen LogP) is 4.20. The number of oxazole rings is 1. The number of para-hydroxylation sites is 2. The molecular formula is C21H16N6O. The molecule has 0 radical (unpaired) electrons. The lowest BCUT2D eigenvalue weighted by molar-refractivity contribution is 0.571. The van der Waals surface area contributed by atoms with Crippen LogP contribution in [-0.4, -0.2) is 25.2 Å². The number of rotatable bonds is 5. The van der Waals surface area contributed by atoms with Crippen LogP contribution in [0.5, 0.6) is 0 Å². The lowest BCUT2D eigenvalue weighted by Gasteiger charge is -2.17. The lowest BCUT2D eigenvalue weighted by atomic mass is 9.99. The number of nitrogens with zero attached hydrogens (tertiary/aromatic N) is 5. The molecule has 0 amide bonds. The average molecular weight is 368 g/mol. The van der Waals surface area contributed by atoms with Gasteiger partial charge in [0.05, 0.1) is 0 Å². The summed E-state index contributed by atoms with van der Waals surface area (Å²) < 4.78 is 7.47. The highest BCUT2D eigenvalue weighted by Crippen LogP contribution is 2.28. The Kier molecular flexibility index (Phi) is 4.02. The summed E-state index contributed by atoms with van der Waals surface area (Å²) in [5.41, 5.74) is 4.64. The van der Waals surface area contributed by atoms with E-state index in [1.54, 1.807) is 11.0 Å². The fraction of sp³-hybridized carbons (Fsp3) is 0.0476. The summed E-state index contributed by atoms with van der Waals surface area (Å²) in [7, 11) is 0. The minimum Gasteiger partial charge on any atom is -0.423 e. The van der Waals surface area contributed by atoms with E-state index in [0.29, 0.717) is 6.01 Å². The standard InChI is InChI=1S/C21H16N6O/c1-2-6-15(7-3-1)20(27-14-22-25-26-27)16-10-12-17(13-11-16)23-21-24-18-8-4-5-9-19(18)28-21/h1-14,20H,(H,23,24). The summed E-state index contributed by atoms with van der Waals surface area (Å²) in [6.45, 7) is 0. The Morgan fingerprint density at radius 2 is 1.57 bits per heavy atom. The first-order valence-corrected chi connectivity index (χ1v) is 8.87. The molecule has 136 valence electrons. The van der Waals surface area contributed by atoms with Crippen molar-refractivity contribution < 1.29 is 4.42 Å². The first-order valence-electron chi connectivity index (χ1n) is 8.87. The number of benzene rings is 3. The number of tetrazole rings is 1. The second kappa shape index (κ2) is 6.96. The molecule has 2 heterocycles. The van der Waals surface area contributed by atoms with Crippen molar-refractivity contribution in [3.05, 3.63) is 96.3 Å². The third kappa shape index (κ3) is 3.09. The van der Waals surface area contributed by atoms with Gasteiger partial charge >= 0.3 is 0 Å². The van der Waals surface area contributed by atoms with E-state index in [1.165, 1.54) is 0 Å². The fourth-order valence-corrected chi connectivity index (χ4v) is 3.22. The smallest absolute Gasteiger partial charge is 0.300 e. The van der Waals surface area contributed by atoms with E-state index in [2.05, 4.69) is 38.0 Å².